The molecule has 1 heterocycles. The van der Waals surface area contributed by atoms with E-state index in [-0.39, 0.29) is 16.7 Å². The maximum Gasteiger partial charge on any atom is 0.268 e. The first kappa shape index (κ1) is 16.6. The Balaban J connectivity index is 1.95. The minimum absolute atomic E-state index is 0.0393. The fourth-order valence-electron chi connectivity index (χ4n) is 3.33. The molecule has 1 fully saturated rings. The van der Waals surface area contributed by atoms with Crippen molar-refractivity contribution in [1.82, 2.24) is 3.97 Å². The predicted octanol–water partition coefficient (Wildman–Crippen LogP) is 3.36. The van der Waals surface area contributed by atoms with Crippen LogP contribution in [0.4, 0.5) is 0 Å². The number of benzene rings is 2. The van der Waals surface area contributed by atoms with Gasteiger partial charge in [-0.3, -0.25) is 0 Å². The van der Waals surface area contributed by atoms with Crippen LogP contribution in [0.5, 0.6) is 0 Å². The Bertz CT molecular complexity index is 1170. The Morgan fingerprint density at radius 1 is 1.19 bits per heavy atom. The SMILES string of the molecule is Cc1ccc(S(=O)(=O)n2cc([C@H]3C[C@@H]3C=O)c3ccc(C#N)cc32)cc1. The van der Waals surface area contributed by atoms with E-state index in [1.807, 2.05) is 6.92 Å². The molecule has 6 heteroatoms. The van der Waals surface area contributed by atoms with Crippen LogP contribution in [0, 0.1) is 24.2 Å². The van der Waals surface area contributed by atoms with Gasteiger partial charge in [0.1, 0.15) is 6.29 Å². The summed E-state index contributed by atoms with van der Waals surface area (Å²) in [6.07, 6.45) is 3.26. The summed E-state index contributed by atoms with van der Waals surface area (Å²) in [5.41, 5.74) is 2.68. The highest BCUT2D eigenvalue weighted by molar-refractivity contribution is 7.90. The summed E-state index contributed by atoms with van der Waals surface area (Å²) in [6.45, 7) is 1.89. The Kier molecular flexibility index (Phi) is 3.70. The second-order valence-electron chi connectivity index (χ2n) is 6.68. The number of aryl methyl sites for hydroxylation is 1. The van der Waals surface area contributed by atoms with Crippen LogP contribution in [0.25, 0.3) is 10.9 Å². The highest BCUT2D eigenvalue weighted by atomic mass is 32.2. The minimum Gasteiger partial charge on any atom is -0.303 e. The zero-order valence-electron chi connectivity index (χ0n) is 14.1. The van der Waals surface area contributed by atoms with Gasteiger partial charge in [-0.05, 0) is 49.1 Å². The summed E-state index contributed by atoms with van der Waals surface area (Å²) in [7, 11) is -3.80. The molecule has 0 spiro atoms. The fraction of sp³-hybridized carbons (Fsp3) is 0.200. The van der Waals surface area contributed by atoms with Gasteiger partial charge >= 0.3 is 0 Å². The van der Waals surface area contributed by atoms with Crippen LogP contribution in [0.15, 0.2) is 53.6 Å². The number of nitriles is 1. The van der Waals surface area contributed by atoms with Crippen LogP contribution < -0.4 is 0 Å². The van der Waals surface area contributed by atoms with E-state index >= 15 is 0 Å². The zero-order valence-corrected chi connectivity index (χ0v) is 14.9. The molecule has 0 amide bonds. The third-order valence-corrected chi connectivity index (χ3v) is 6.61. The van der Waals surface area contributed by atoms with Crippen LogP contribution in [0.3, 0.4) is 0 Å². The largest absolute Gasteiger partial charge is 0.303 e. The number of nitrogens with zero attached hydrogens (tertiary/aromatic N) is 2. The summed E-state index contributed by atoms with van der Waals surface area (Å²) < 4.78 is 27.6. The third-order valence-electron chi connectivity index (χ3n) is 4.92. The normalized spacial score (nSPS) is 19.2. The van der Waals surface area contributed by atoms with Gasteiger partial charge in [0.15, 0.2) is 0 Å². The van der Waals surface area contributed by atoms with Gasteiger partial charge in [0, 0.05) is 17.5 Å². The van der Waals surface area contributed by atoms with Crippen molar-refractivity contribution in [3.05, 3.63) is 65.4 Å². The molecule has 1 aliphatic carbocycles. The van der Waals surface area contributed by atoms with Crippen molar-refractivity contribution in [2.24, 2.45) is 5.92 Å². The number of carbonyl (C=O) groups is 1. The smallest absolute Gasteiger partial charge is 0.268 e. The second kappa shape index (κ2) is 5.82. The van der Waals surface area contributed by atoms with E-state index in [0.29, 0.717) is 11.1 Å². The molecule has 1 saturated carbocycles. The lowest BCUT2D eigenvalue weighted by atomic mass is 10.1. The molecule has 0 aliphatic heterocycles. The molecule has 0 saturated heterocycles. The quantitative estimate of drug-likeness (QED) is 0.665. The minimum atomic E-state index is -3.80. The van der Waals surface area contributed by atoms with E-state index in [1.165, 1.54) is 3.97 Å². The van der Waals surface area contributed by atoms with Gasteiger partial charge in [-0.2, -0.15) is 5.26 Å². The molecule has 0 N–H and O–H groups in total. The first-order valence-corrected chi connectivity index (χ1v) is 9.72. The highest BCUT2D eigenvalue weighted by Crippen LogP contribution is 2.49. The second-order valence-corrected chi connectivity index (χ2v) is 8.50. The molecule has 2 atom stereocenters. The molecule has 130 valence electrons. The van der Waals surface area contributed by atoms with Gasteiger partial charge in [-0.25, -0.2) is 12.4 Å². The Morgan fingerprint density at radius 2 is 1.92 bits per heavy atom. The number of rotatable bonds is 4. The van der Waals surface area contributed by atoms with Crippen LogP contribution in [-0.2, 0) is 14.8 Å². The van der Waals surface area contributed by atoms with Crippen molar-refractivity contribution >= 4 is 27.2 Å². The molecule has 0 radical (unpaired) electrons. The molecule has 5 nitrogen and oxygen atoms in total. The van der Waals surface area contributed by atoms with Crippen molar-refractivity contribution in [2.75, 3.05) is 0 Å². The van der Waals surface area contributed by atoms with Crippen molar-refractivity contribution in [2.45, 2.75) is 24.2 Å². The molecule has 26 heavy (non-hydrogen) atoms. The Labute approximate surface area is 151 Å². The summed E-state index contributed by atoms with van der Waals surface area (Å²) in [4.78, 5) is 11.3. The number of carbonyl (C=O) groups excluding carboxylic acids is 1. The molecule has 1 aromatic heterocycles. The topological polar surface area (TPSA) is 79.9 Å². The third kappa shape index (κ3) is 2.52. The van der Waals surface area contributed by atoms with Crippen molar-refractivity contribution in [3.63, 3.8) is 0 Å². The highest BCUT2D eigenvalue weighted by Gasteiger charge is 2.40. The van der Waals surface area contributed by atoms with Crippen LogP contribution in [0.1, 0.15) is 29.0 Å². The van der Waals surface area contributed by atoms with Gasteiger partial charge in [0.05, 0.1) is 22.0 Å². The maximum atomic E-state index is 13.2. The van der Waals surface area contributed by atoms with Gasteiger partial charge < -0.3 is 4.79 Å². The van der Waals surface area contributed by atoms with E-state index in [1.54, 1.807) is 48.7 Å². The van der Waals surface area contributed by atoms with Crippen molar-refractivity contribution in [3.8, 4) is 6.07 Å². The summed E-state index contributed by atoms with van der Waals surface area (Å²) >= 11 is 0. The van der Waals surface area contributed by atoms with E-state index in [2.05, 4.69) is 6.07 Å². The van der Waals surface area contributed by atoms with Crippen LogP contribution >= 0.6 is 0 Å². The number of hydrogen-bond acceptors (Lipinski definition) is 4. The fourth-order valence-corrected chi connectivity index (χ4v) is 4.70. The lowest BCUT2D eigenvalue weighted by Crippen LogP contribution is -2.11. The van der Waals surface area contributed by atoms with Crippen LogP contribution in [0.2, 0.25) is 0 Å². The molecular formula is C20H16N2O3S. The Hall–Kier alpha value is -2.91. The van der Waals surface area contributed by atoms with Crippen molar-refractivity contribution < 1.29 is 13.2 Å². The number of aldehydes is 1. The number of aromatic nitrogens is 1. The van der Waals surface area contributed by atoms with E-state index in [0.717, 1.165) is 29.2 Å². The van der Waals surface area contributed by atoms with Gasteiger partial charge in [0.25, 0.3) is 10.0 Å². The lowest BCUT2D eigenvalue weighted by molar-refractivity contribution is -0.108. The number of fused-ring (bicyclic) bond motifs is 1. The predicted molar refractivity (Wildman–Crippen MR) is 97.3 cm³/mol. The molecule has 3 aromatic rings. The average Bonchev–Trinajstić information content (AvgIpc) is 3.33. The summed E-state index contributed by atoms with van der Waals surface area (Å²) in [5, 5.41) is 9.96. The standard InChI is InChI=1S/C20H16N2O3S/c1-13-2-5-16(6-3-13)26(24,25)22-11-19(18-9-15(18)12-23)17-7-4-14(10-21)8-20(17)22/h2-8,11-12,15,18H,9H2,1H3/t15-,18+/m1/s1. The van der Waals surface area contributed by atoms with Gasteiger partial charge in [-0.1, -0.05) is 23.8 Å². The first-order valence-electron chi connectivity index (χ1n) is 8.28. The van der Waals surface area contributed by atoms with E-state index in [9.17, 15) is 18.5 Å². The molecule has 4 rings (SSSR count). The average molecular weight is 364 g/mol. The van der Waals surface area contributed by atoms with E-state index in [4.69, 9.17) is 0 Å². The van der Waals surface area contributed by atoms with Gasteiger partial charge in [-0.15, -0.1) is 0 Å². The van der Waals surface area contributed by atoms with Crippen molar-refractivity contribution in [1.29, 1.82) is 5.26 Å². The molecule has 0 unspecified atom stereocenters. The Morgan fingerprint density at radius 3 is 2.54 bits per heavy atom. The molecule has 2 aromatic carbocycles. The number of hydrogen-bond donors (Lipinski definition) is 0. The molecule has 0 bridgehead atoms. The molecular weight excluding hydrogens is 348 g/mol. The molecule has 1 aliphatic rings. The first-order chi connectivity index (χ1) is 12.5. The van der Waals surface area contributed by atoms with Gasteiger partial charge in [0.2, 0.25) is 0 Å². The maximum absolute atomic E-state index is 13.2. The summed E-state index contributed by atoms with van der Waals surface area (Å²) in [5.74, 6) is -0.0239. The lowest BCUT2D eigenvalue weighted by Gasteiger charge is -2.08. The zero-order chi connectivity index (χ0) is 18.5. The van der Waals surface area contributed by atoms with Crippen LogP contribution in [-0.4, -0.2) is 18.7 Å². The van der Waals surface area contributed by atoms with E-state index < -0.39 is 10.0 Å². The monoisotopic (exact) mass is 364 g/mol. The summed E-state index contributed by atoms with van der Waals surface area (Å²) in [6, 6.07) is 13.7.